The van der Waals surface area contributed by atoms with Gasteiger partial charge in [-0.25, -0.2) is 0 Å². The van der Waals surface area contributed by atoms with Gasteiger partial charge in [-0.2, -0.15) is 0 Å². The zero-order valence-corrected chi connectivity index (χ0v) is 10.2. The lowest BCUT2D eigenvalue weighted by molar-refractivity contribution is 0.102. The van der Waals surface area contributed by atoms with E-state index < -0.39 is 0 Å². The molecule has 0 fully saturated rings. The second-order valence-corrected chi connectivity index (χ2v) is 4.25. The Labute approximate surface area is 109 Å². The van der Waals surface area contributed by atoms with Crippen LogP contribution in [0.2, 0.25) is 10.0 Å². The van der Waals surface area contributed by atoms with E-state index in [9.17, 15) is 4.79 Å². The lowest BCUT2D eigenvalue weighted by atomic mass is 10.2. The summed E-state index contributed by atoms with van der Waals surface area (Å²) in [5.74, 6) is -0.232. The van der Waals surface area contributed by atoms with Crippen molar-refractivity contribution in [1.82, 2.24) is 0 Å². The van der Waals surface area contributed by atoms with Crippen molar-refractivity contribution in [3.8, 4) is 0 Å². The molecule has 4 heteroatoms. The molecule has 1 radical (unpaired) electrons. The Morgan fingerprint density at radius 3 is 2.24 bits per heavy atom. The molecule has 0 bridgehead atoms. The van der Waals surface area contributed by atoms with Crippen molar-refractivity contribution >= 4 is 34.8 Å². The molecule has 2 rings (SSSR count). The number of carbonyl (C=O) groups excluding carboxylic acids is 1. The summed E-state index contributed by atoms with van der Waals surface area (Å²) < 4.78 is 0. The van der Waals surface area contributed by atoms with Gasteiger partial charge in [-0.05, 0) is 48.5 Å². The molecular weight excluding hydrogens is 257 g/mol. The van der Waals surface area contributed by atoms with Crippen molar-refractivity contribution in [3.05, 3.63) is 64.1 Å². The lowest BCUT2D eigenvalue weighted by Gasteiger charge is -2.04. The number of rotatable bonds is 2. The molecule has 0 aliphatic rings. The van der Waals surface area contributed by atoms with E-state index in [2.05, 4.69) is 11.4 Å². The Hall–Kier alpha value is -1.51. The number of halogens is 2. The number of benzene rings is 2. The highest BCUT2D eigenvalue weighted by Crippen LogP contribution is 2.15. The molecule has 1 amide bonds. The van der Waals surface area contributed by atoms with Gasteiger partial charge in [-0.1, -0.05) is 23.2 Å². The monoisotopic (exact) mass is 264 g/mol. The van der Waals surface area contributed by atoms with Crippen molar-refractivity contribution in [3.63, 3.8) is 0 Å². The minimum absolute atomic E-state index is 0.232. The maximum atomic E-state index is 11.8. The van der Waals surface area contributed by atoms with Crippen molar-refractivity contribution < 1.29 is 4.79 Å². The molecule has 0 heterocycles. The van der Waals surface area contributed by atoms with Crippen LogP contribution >= 0.6 is 23.2 Å². The molecule has 17 heavy (non-hydrogen) atoms. The van der Waals surface area contributed by atoms with E-state index in [1.54, 1.807) is 42.5 Å². The molecule has 0 unspecified atom stereocenters. The van der Waals surface area contributed by atoms with Gasteiger partial charge in [0, 0.05) is 21.3 Å². The zero-order chi connectivity index (χ0) is 12.3. The number of amides is 1. The van der Waals surface area contributed by atoms with Crippen LogP contribution in [-0.2, 0) is 0 Å². The Kier molecular flexibility index (Phi) is 3.67. The summed E-state index contributed by atoms with van der Waals surface area (Å²) in [5.41, 5.74) is 1.12. The number of anilines is 1. The maximum Gasteiger partial charge on any atom is 0.256 e. The fourth-order valence-electron chi connectivity index (χ4n) is 1.28. The van der Waals surface area contributed by atoms with Crippen LogP contribution in [0.1, 0.15) is 10.4 Å². The minimum atomic E-state index is -0.232. The predicted octanol–water partition coefficient (Wildman–Crippen LogP) is 4.05. The van der Waals surface area contributed by atoms with E-state index in [-0.39, 0.29) is 5.91 Å². The van der Waals surface area contributed by atoms with E-state index in [1.165, 1.54) is 0 Å². The number of nitrogens with one attached hydrogen (secondary N) is 1. The maximum absolute atomic E-state index is 11.8. The molecule has 0 atom stereocenters. The van der Waals surface area contributed by atoms with E-state index >= 15 is 0 Å². The van der Waals surface area contributed by atoms with E-state index in [0.29, 0.717) is 21.3 Å². The Morgan fingerprint density at radius 1 is 1.00 bits per heavy atom. The largest absolute Gasteiger partial charge is 0.322 e. The quantitative estimate of drug-likeness (QED) is 0.872. The van der Waals surface area contributed by atoms with Crippen molar-refractivity contribution in [2.45, 2.75) is 0 Å². The SMILES string of the molecule is O=C(Nc1ccc(Cl)cc1)c1[c]cc(Cl)cc1. The Bertz CT molecular complexity index is 520. The van der Waals surface area contributed by atoms with Crippen LogP contribution in [0.4, 0.5) is 5.69 Å². The molecule has 85 valence electrons. The summed E-state index contributed by atoms with van der Waals surface area (Å²) in [4.78, 5) is 11.8. The first-order valence-corrected chi connectivity index (χ1v) is 5.65. The van der Waals surface area contributed by atoms with Crippen LogP contribution in [0.25, 0.3) is 0 Å². The Morgan fingerprint density at radius 2 is 1.65 bits per heavy atom. The fraction of sp³-hybridized carbons (Fsp3) is 0. The van der Waals surface area contributed by atoms with Gasteiger partial charge < -0.3 is 5.32 Å². The molecule has 0 spiro atoms. The number of hydrogen-bond donors (Lipinski definition) is 1. The molecule has 0 saturated carbocycles. The summed E-state index contributed by atoms with van der Waals surface area (Å²) in [6.45, 7) is 0. The fourth-order valence-corrected chi connectivity index (χ4v) is 1.52. The molecule has 0 aliphatic heterocycles. The van der Waals surface area contributed by atoms with Crippen LogP contribution in [0, 0.1) is 6.07 Å². The molecule has 2 aromatic rings. The summed E-state index contributed by atoms with van der Waals surface area (Å²) >= 11 is 11.5. The molecular formula is C13H8Cl2NO. The van der Waals surface area contributed by atoms with E-state index in [4.69, 9.17) is 23.2 Å². The highest BCUT2D eigenvalue weighted by Gasteiger charge is 2.05. The van der Waals surface area contributed by atoms with Crippen molar-refractivity contribution in [2.24, 2.45) is 0 Å². The third kappa shape index (κ3) is 3.22. The number of carbonyl (C=O) groups is 1. The van der Waals surface area contributed by atoms with Crippen LogP contribution in [-0.4, -0.2) is 5.91 Å². The summed E-state index contributed by atoms with van der Waals surface area (Å²) in [6.07, 6.45) is 0. The topological polar surface area (TPSA) is 29.1 Å². The van der Waals surface area contributed by atoms with Crippen LogP contribution < -0.4 is 5.32 Å². The molecule has 0 aliphatic carbocycles. The van der Waals surface area contributed by atoms with E-state index in [1.807, 2.05) is 0 Å². The van der Waals surface area contributed by atoms with Gasteiger partial charge in [0.05, 0.1) is 0 Å². The molecule has 2 nitrogen and oxygen atoms in total. The van der Waals surface area contributed by atoms with Gasteiger partial charge in [0.15, 0.2) is 0 Å². The predicted molar refractivity (Wildman–Crippen MR) is 69.7 cm³/mol. The minimum Gasteiger partial charge on any atom is -0.322 e. The molecule has 2 aromatic carbocycles. The molecule has 0 aromatic heterocycles. The van der Waals surface area contributed by atoms with Gasteiger partial charge in [0.2, 0.25) is 0 Å². The van der Waals surface area contributed by atoms with Gasteiger partial charge in [-0.3, -0.25) is 4.79 Å². The summed E-state index contributed by atoms with van der Waals surface area (Å²) in [7, 11) is 0. The van der Waals surface area contributed by atoms with Gasteiger partial charge >= 0.3 is 0 Å². The standard InChI is InChI=1S/C13H8Cl2NO/c14-10-3-1-9(2-4-10)13(17)16-12-7-5-11(15)6-8-12/h1,3-8H,(H,16,17). The first-order chi connectivity index (χ1) is 8.15. The highest BCUT2D eigenvalue weighted by atomic mass is 35.5. The van der Waals surface area contributed by atoms with Crippen LogP contribution in [0.15, 0.2) is 42.5 Å². The second-order valence-electron chi connectivity index (χ2n) is 3.38. The normalized spacial score (nSPS) is 10.0. The lowest BCUT2D eigenvalue weighted by Crippen LogP contribution is -2.11. The summed E-state index contributed by atoms with van der Waals surface area (Å²) in [6, 6.07) is 14.5. The molecule has 1 N–H and O–H groups in total. The van der Waals surface area contributed by atoms with Crippen LogP contribution in [0.3, 0.4) is 0 Å². The van der Waals surface area contributed by atoms with Gasteiger partial charge in [0.1, 0.15) is 0 Å². The third-order valence-electron chi connectivity index (χ3n) is 2.12. The summed E-state index contributed by atoms with van der Waals surface area (Å²) in [5, 5.41) is 3.91. The first-order valence-electron chi connectivity index (χ1n) is 4.89. The number of hydrogen-bond acceptors (Lipinski definition) is 1. The molecule has 0 saturated heterocycles. The van der Waals surface area contributed by atoms with Gasteiger partial charge in [-0.15, -0.1) is 0 Å². The van der Waals surface area contributed by atoms with Crippen LogP contribution in [0.5, 0.6) is 0 Å². The third-order valence-corrected chi connectivity index (χ3v) is 2.61. The second kappa shape index (κ2) is 5.21. The smallest absolute Gasteiger partial charge is 0.256 e. The average molecular weight is 265 g/mol. The van der Waals surface area contributed by atoms with E-state index in [0.717, 1.165) is 0 Å². The Balaban J connectivity index is 2.11. The first kappa shape index (κ1) is 12.0. The van der Waals surface area contributed by atoms with Crippen molar-refractivity contribution in [1.29, 1.82) is 0 Å². The van der Waals surface area contributed by atoms with Gasteiger partial charge in [0.25, 0.3) is 5.91 Å². The highest BCUT2D eigenvalue weighted by molar-refractivity contribution is 6.31. The van der Waals surface area contributed by atoms with Crippen molar-refractivity contribution in [2.75, 3.05) is 5.32 Å². The zero-order valence-electron chi connectivity index (χ0n) is 8.71. The average Bonchev–Trinajstić information content (AvgIpc) is 2.33.